The Morgan fingerprint density at radius 2 is 2.19 bits per heavy atom. The molecule has 4 atom stereocenters. The normalized spacial score (nSPS) is 29.3. The van der Waals surface area contributed by atoms with Crippen LogP contribution in [0.15, 0.2) is 22.4 Å². The standard InChI is InChI=1S/C12H14F2N2O5/c1-3-6-4-16(11(20)15-9(6)19)10-12(13,14)8(18)7(21-10)5(2)17/h3-5,7-8,10,17-18H,1H2,2H3,(H,15,19,20). The lowest BCUT2D eigenvalue weighted by atomic mass is 10.1. The van der Waals surface area contributed by atoms with Crippen LogP contribution in [0.1, 0.15) is 18.7 Å². The van der Waals surface area contributed by atoms with Gasteiger partial charge in [-0.15, -0.1) is 0 Å². The predicted octanol–water partition coefficient (Wildman–Crippen LogP) is -0.546. The van der Waals surface area contributed by atoms with Crippen LogP contribution in [0.2, 0.25) is 0 Å². The van der Waals surface area contributed by atoms with E-state index < -0.39 is 41.7 Å². The molecular weight excluding hydrogens is 290 g/mol. The molecule has 1 fully saturated rings. The first-order chi connectivity index (χ1) is 9.70. The van der Waals surface area contributed by atoms with Crippen LogP contribution in [-0.2, 0) is 4.74 Å². The summed E-state index contributed by atoms with van der Waals surface area (Å²) in [6.07, 6.45) is -5.40. The number of ether oxygens (including phenoxy) is 1. The van der Waals surface area contributed by atoms with Crippen molar-refractivity contribution in [3.63, 3.8) is 0 Å². The SMILES string of the molecule is C=Cc1cn(C2OC(C(C)O)C(O)C2(F)F)c(=O)[nH]c1=O. The smallest absolute Gasteiger partial charge is 0.330 e. The molecular formula is C12H14F2N2O5. The molecule has 9 heteroatoms. The number of nitrogens with zero attached hydrogens (tertiary/aromatic N) is 1. The molecule has 0 aromatic carbocycles. The second-order valence-corrected chi connectivity index (χ2v) is 4.77. The Balaban J connectivity index is 2.54. The number of rotatable bonds is 3. The molecule has 3 N–H and O–H groups in total. The van der Waals surface area contributed by atoms with Gasteiger partial charge in [-0.05, 0) is 6.92 Å². The number of nitrogens with one attached hydrogen (secondary N) is 1. The molecule has 1 aromatic heterocycles. The highest BCUT2D eigenvalue weighted by atomic mass is 19.3. The fourth-order valence-electron chi connectivity index (χ4n) is 2.13. The van der Waals surface area contributed by atoms with E-state index in [0.29, 0.717) is 4.57 Å². The van der Waals surface area contributed by atoms with Gasteiger partial charge in [0.15, 0.2) is 6.10 Å². The van der Waals surface area contributed by atoms with Crippen molar-refractivity contribution < 1.29 is 23.7 Å². The summed E-state index contributed by atoms with van der Waals surface area (Å²) < 4.78 is 33.5. The summed E-state index contributed by atoms with van der Waals surface area (Å²) in [6, 6.07) is 0. The summed E-state index contributed by atoms with van der Waals surface area (Å²) in [5.41, 5.74) is -2.00. The van der Waals surface area contributed by atoms with Crippen molar-refractivity contribution in [2.24, 2.45) is 0 Å². The first kappa shape index (κ1) is 15.5. The van der Waals surface area contributed by atoms with Crippen LogP contribution in [0.3, 0.4) is 0 Å². The van der Waals surface area contributed by atoms with Crippen LogP contribution in [0.5, 0.6) is 0 Å². The average molecular weight is 304 g/mol. The highest BCUT2D eigenvalue weighted by Crippen LogP contribution is 2.43. The Morgan fingerprint density at radius 1 is 1.57 bits per heavy atom. The Kier molecular flexibility index (Phi) is 3.83. The number of aromatic amines is 1. The van der Waals surface area contributed by atoms with Crippen molar-refractivity contribution in [2.75, 3.05) is 0 Å². The highest BCUT2D eigenvalue weighted by Gasteiger charge is 2.60. The number of alkyl halides is 2. The fraction of sp³-hybridized carbons (Fsp3) is 0.500. The highest BCUT2D eigenvalue weighted by molar-refractivity contribution is 5.43. The van der Waals surface area contributed by atoms with E-state index in [-0.39, 0.29) is 5.56 Å². The molecule has 1 saturated heterocycles. The maximum absolute atomic E-state index is 14.1. The molecule has 2 rings (SSSR count). The van der Waals surface area contributed by atoms with Crippen molar-refractivity contribution in [1.29, 1.82) is 0 Å². The number of hydrogen-bond acceptors (Lipinski definition) is 5. The lowest BCUT2D eigenvalue weighted by Gasteiger charge is -2.21. The fourth-order valence-corrected chi connectivity index (χ4v) is 2.13. The van der Waals surface area contributed by atoms with Gasteiger partial charge in [-0.3, -0.25) is 14.3 Å². The molecule has 116 valence electrons. The van der Waals surface area contributed by atoms with Gasteiger partial charge in [0, 0.05) is 6.20 Å². The van der Waals surface area contributed by atoms with E-state index in [4.69, 9.17) is 4.74 Å². The average Bonchev–Trinajstić information content (AvgIpc) is 2.62. The molecule has 0 spiro atoms. The molecule has 0 bridgehead atoms. The monoisotopic (exact) mass is 304 g/mol. The van der Waals surface area contributed by atoms with Crippen molar-refractivity contribution >= 4 is 6.08 Å². The van der Waals surface area contributed by atoms with Crippen molar-refractivity contribution in [3.05, 3.63) is 39.2 Å². The third kappa shape index (κ3) is 2.43. The maximum Gasteiger partial charge on any atom is 0.330 e. The first-order valence-corrected chi connectivity index (χ1v) is 6.07. The molecule has 1 aliphatic rings. The van der Waals surface area contributed by atoms with Crippen LogP contribution < -0.4 is 11.2 Å². The van der Waals surface area contributed by atoms with E-state index in [1.165, 1.54) is 6.92 Å². The first-order valence-electron chi connectivity index (χ1n) is 6.07. The zero-order valence-electron chi connectivity index (χ0n) is 11.0. The summed E-state index contributed by atoms with van der Waals surface area (Å²) in [4.78, 5) is 24.9. The van der Waals surface area contributed by atoms with E-state index in [9.17, 15) is 28.6 Å². The maximum atomic E-state index is 14.1. The van der Waals surface area contributed by atoms with Gasteiger partial charge in [0.2, 0.25) is 6.23 Å². The van der Waals surface area contributed by atoms with Crippen LogP contribution >= 0.6 is 0 Å². The molecule has 2 heterocycles. The molecule has 0 radical (unpaired) electrons. The van der Waals surface area contributed by atoms with Gasteiger partial charge in [0.05, 0.1) is 11.7 Å². The third-order valence-electron chi connectivity index (χ3n) is 3.26. The molecule has 1 aliphatic heterocycles. The van der Waals surface area contributed by atoms with Crippen molar-refractivity contribution in [2.45, 2.75) is 37.4 Å². The van der Waals surface area contributed by atoms with Gasteiger partial charge in [0.1, 0.15) is 6.10 Å². The number of hydrogen-bond donors (Lipinski definition) is 3. The van der Waals surface area contributed by atoms with Gasteiger partial charge in [0.25, 0.3) is 5.56 Å². The minimum absolute atomic E-state index is 0.107. The van der Waals surface area contributed by atoms with Gasteiger partial charge in [-0.25, -0.2) is 4.79 Å². The van der Waals surface area contributed by atoms with E-state index in [2.05, 4.69) is 6.58 Å². The van der Waals surface area contributed by atoms with Gasteiger partial charge < -0.3 is 14.9 Å². The number of aromatic nitrogens is 2. The number of aliphatic hydroxyl groups excluding tert-OH is 2. The third-order valence-corrected chi connectivity index (χ3v) is 3.26. The largest absolute Gasteiger partial charge is 0.391 e. The Morgan fingerprint density at radius 3 is 2.67 bits per heavy atom. The summed E-state index contributed by atoms with van der Waals surface area (Å²) in [5, 5.41) is 18.9. The molecule has 1 aromatic rings. The summed E-state index contributed by atoms with van der Waals surface area (Å²) >= 11 is 0. The van der Waals surface area contributed by atoms with Crippen LogP contribution in [0.25, 0.3) is 6.08 Å². The van der Waals surface area contributed by atoms with Crippen LogP contribution in [0.4, 0.5) is 8.78 Å². The molecule has 7 nitrogen and oxygen atoms in total. The molecule has 0 saturated carbocycles. The Hall–Kier alpha value is -1.84. The zero-order chi connectivity index (χ0) is 15.9. The van der Waals surface area contributed by atoms with Gasteiger partial charge >= 0.3 is 11.6 Å². The number of H-pyrrole nitrogens is 1. The van der Waals surface area contributed by atoms with Crippen molar-refractivity contribution in [1.82, 2.24) is 9.55 Å². The quantitative estimate of drug-likeness (QED) is 0.695. The minimum atomic E-state index is -3.82. The van der Waals surface area contributed by atoms with Gasteiger partial charge in [-0.1, -0.05) is 12.7 Å². The molecule has 4 unspecified atom stereocenters. The minimum Gasteiger partial charge on any atom is -0.391 e. The lowest BCUT2D eigenvalue weighted by molar-refractivity contribution is -0.141. The summed E-state index contributed by atoms with van der Waals surface area (Å²) in [6.45, 7) is 4.51. The second-order valence-electron chi connectivity index (χ2n) is 4.77. The lowest BCUT2D eigenvalue weighted by Crippen LogP contribution is -2.44. The molecule has 0 amide bonds. The zero-order valence-corrected chi connectivity index (χ0v) is 11.0. The topological polar surface area (TPSA) is 105 Å². The number of aliphatic hydroxyl groups is 2. The second kappa shape index (κ2) is 5.17. The van der Waals surface area contributed by atoms with E-state index >= 15 is 0 Å². The van der Waals surface area contributed by atoms with E-state index in [0.717, 1.165) is 12.3 Å². The van der Waals surface area contributed by atoms with E-state index in [1.54, 1.807) is 0 Å². The number of halogens is 2. The summed E-state index contributed by atoms with van der Waals surface area (Å²) in [7, 11) is 0. The van der Waals surface area contributed by atoms with E-state index in [1.807, 2.05) is 4.98 Å². The summed E-state index contributed by atoms with van der Waals surface area (Å²) in [5.74, 6) is -3.82. The Labute approximate surface area is 117 Å². The van der Waals surface area contributed by atoms with Crippen LogP contribution in [0, 0.1) is 0 Å². The van der Waals surface area contributed by atoms with Crippen molar-refractivity contribution in [3.8, 4) is 0 Å². The van der Waals surface area contributed by atoms with Gasteiger partial charge in [-0.2, -0.15) is 8.78 Å². The molecule has 0 aliphatic carbocycles. The molecule has 21 heavy (non-hydrogen) atoms. The van der Waals surface area contributed by atoms with Crippen LogP contribution in [-0.4, -0.2) is 44.0 Å². The predicted molar refractivity (Wildman–Crippen MR) is 68.0 cm³/mol. The Bertz CT molecular complexity index is 666.